The predicted molar refractivity (Wildman–Crippen MR) is 89.9 cm³/mol. The van der Waals surface area contributed by atoms with Crippen LogP contribution in [-0.4, -0.2) is 36.5 Å². The van der Waals surface area contributed by atoms with Gasteiger partial charge in [-0.3, -0.25) is 9.59 Å². The van der Waals surface area contributed by atoms with Gasteiger partial charge in [0.05, 0.1) is 20.0 Å². The molecular formula is C19H27NO3. The minimum Gasteiger partial charge on any atom is -0.469 e. The van der Waals surface area contributed by atoms with Gasteiger partial charge in [0.2, 0.25) is 5.91 Å². The maximum absolute atomic E-state index is 12.8. The summed E-state index contributed by atoms with van der Waals surface area (Å²) >= 11 is 0. The van der Waals surface area contributed by atoms with E-state index in [-0.39, 0.29) is 24.3 Å². The van der Waals surface area contributed by atoms with Gasteiger partial charge < -0.3 is 9.64 Å². The number of hydrogen-bond acceptors (Lipinski definition) is 3. The number of esters is 1. The van der Waals surface area contributed by atoms with Crippen molar-refractivity contribution in [1.82, 2.24) is 4.90 Å². The van der Waals surface area contributed by atoms with Crippen molar-refractivity contribution in [1.29, 1.82) is 0 Å². The fourth-order valence-corrected chi connectivity index (χ4v) is 3.42. The Kier molecular flexibility index (Phi) is 6.63. The van der Waals surface area contributed by atoms with E-state index in [2.05, 4.69) is 6.92 Å². The van der Waals surface area contributed by atoms with Gasteiger partial charge in [0.15, 0.2) is 0 Å². The first-order chi connectivity index (χ1) is 11.1. The molecule has 2 rings (SSSR count). The number of ether oxygens (including phenoxy) is 1. The van der Waals surface area contributed by atoms with Gasteiger partial charge in [-0.1, -0.05) is 50.1 Å². The normalized spacial score (nSPS) is 20.8. The highest BCUT2D eigenvalue weighted by Crippen LogP contribution is 2.28. The lowest BCUT2D eigenvalue weighted by atomic mass is 9.84. The van der Waals surface area contributed by atoms with E-state index in [1.165, 1.54) is 13.5 Å². The summed E-state index contributed by atoms with van der Waals surface area (Å²) in [5.74, 6) is 0.339. The Labute approximate surface area is 138 Å². The molecule has 0 aliphatic heterocycles. The lowest BCUT2D eigenvalue weighted by molar-refractivity contribution is -0.142. The van der Waals surface area contributed by atoms with Gasteiger partial charge in [-0.25, -0.2) is 0 Å². The van der Waals surface area contributed by atoms with Crippen molar-refractivity contribution < 1.29 is 14.3 Å². The van der Waals surface area contributed by atoms with Crippen LogP contribution in [0.5, 0.6) is 0 Å². The van der Waals surface area contributed by atoms with Crippen LogP contribution < -0.4 is 0 Å². The molecule has 2 atom stereocenters. The molecule has 1 aromatic rings. The molecule has 0 spiro atoms. The van der Waals surface area contributed by atoms with E-state index < -0.39 is 0 Å². The van der Waals surface area contributed by atoms with Crippen LogP contribution in [-0.2, 0) is 20.7 Å². The third-order valence-electron chi connectivity index (χ3n) is 4.77. The SMILES string of the molecule is COC(=O)CCN(C(=O)Cc1ccccc1)C1CCCCC1C. The molecule has 0 saturated heterocycles. The molecule has 2 unspecified atom stereocenters. The van der Waals surface area contributed by atoms with Crippen LogP contribution in [0, 0.1) is 5.92 Å². The van der Waals surface area contributed by atoms with Gasteiger partial charge in [0.1, 0.15) is 0 Å². The summed E-state index contributed by atoms with van der Waals surface area (Å²) in [5.41, 5.74) is 1.02. The molecule has 1 saturated carbocycles. The molecule has 1 aliphatic carbocycles. The fraction of sp³-hybridized carbons (Fsp3) is 0.579. The minimum absolute atomic E-state index is 0.110. The van der Waals surface area contributed by atoms with Crippen molar-refractivity contribution in [2.24, 2.45) is 5.92 Å². The number of nitrogens with zero attached hydrogens (tertiary/aromatic N) is 1. The molecular weight excluding hydrogens is 290 g/mol. The Morgan fingerprint density at radius 2 is 1.87 bits per heavy atom. The van der Waals surface area contributed by atoms with Crippen LogP contribution in [0.15, 0.2) is 30.3 Å². The summed E-state index contributed by atoms with van der Waals surface area (Å²) in [5, 5.41) is 0. The standard InChI is InChI=1S/C19H27NO3/c1-15-8-6-7-11-17(15)20(13-12-19(22)23-2)18(21)14-16-9-4-3-5-10-16/h3-5,9-10,15,17H,6-8,11-14H2,1-2H3. The molecule has 0 radical (unpaired) electrons. The fourth-order valence-electron chi connectivity index (χ4n) is 3.42. The summed E-state index contributed by atoms with van der Waals surface area (Å²) in [6.45, 7) is 2.66. The molecule has 1 fully saturated rings. The summed E-state index contributed by atoms with van der Waals surface area (Å²) in [4.78, 5) is 26.3. The molecule has 23 heavy (non-hydrogen) atoms. The van der Waals surface area contributed by atoms with Crippen LogP contribution >= 0.6 is 0 Å². The third kappa shape index (κ3) is 5.08. The molecule has 0 heterocycles. The van der Waals surface area contributed by atoms with Gasteiger partial charge in [0, 0.05) is 12.6 Å². The zero-order valence-electron chi connectivity index (χ0n) is 14.2. The molecule has 1 aromatic carbocycles. The second-order valence-corrected chi connectivity index (χ2v) is 6.40. The number of hydrogen-bond donors (Lipinski definition) is 0. The maximum Gasteiger partial charge on any atom is 0.307 e. The highest BCUT2D eigenvalue weighted by atomic mass is 16.5. The van der Waals surface area contributed by atoms with E-state index in [4.69, 9.17) is 4.74 Å². The van der Waals surface area contributed by atoms with Crippen molar-refractivity contribution >= 4 is 11.9 Å². The number of benzene rings is 1. The number of amides is 1. The smallest absolute Gasteiger partial charge is 0.307 e. The highest BCUT2D eigenvalue weighted by Gasteiger charge is 2.30. The lowest BCUT2D eigenvalue weighted by Crippen LogP contribution is -2.46. The molecule has 1 amide bonds. The Bertz CT molecular complexity index is 515. The summed E-state index contributed by atoms with van der Waals surface area (Å²) in [7, 11) is 1.39. The second-order valence-electron chi connectivity index (χ2n) is 6.40. The minimum atomic E-state index is -0.258. The largest absolute Gasteiger partial charge is 0.469 e. The molecule has 126 valence electrons. The number of carbonyl (C=O) groups is 2. The van der Waals surface area contributed by atoms with Crippen molar-refractivity contribution in [3.63, 3.8) is 0 Å². The predicted octanol–water partition coefficient (Wildman–Crippen LogP) is 3.20. The quantitative estimate of drug-likeness (QED) is 0.757. The monoisotopic (exact) mass is 317 g/mol. The van der Waals surface area contributed by atoms with Crippen LogP contribution in [0.1, 0.15) is 44.6 Å². The van der Waals surface area contributed by atoms with Crippen molar-refractivity contribution in [2.45, 2.75) is 51.5 Å². The summed E-state index contributed by atoms with van der Waals surface area (Å²) < 4.78 is 4.74. The van der Waals surface area contributed by atoms with Crippen LogP contribution in [0.2, 0.25) is 0 Å². The number of rotatable bonds is 6. The Hall–Kier alpha value is -1.84. The van der Waals surface area contributed by atoms with E-state index in [1.807, 2.05) is 35.2 Å². The molecule has 0 bridgehead atoms. The molecule has 4 nitrogen and oxygen atoms in total. The van der Waals surface area contributed by atoms with Gasteiger partial charge in [-0.2, -0.15) is 0 Å². The van der Waals surface area contributed by atoms with Gasteiger partial charge in [-0.05, 0) is 24.3 Å². The second kappa shape index (κ2) is 8.70. The van der Waals surface area contributed by atoms with Gasteiger partial charge >= 0.3 is 5.97 Å². The number of methoxy groups -OCH3 is 1. The maximum atomic E-state index is 12.8. The molecule has 0 N–H and O–H groups in total. The first kappa shape index (κ1) is 17.5. The zero-order chi connectivity index (χ0) is 16.7. The number of carbonyl (C=O) groups excluding carboxylic acids is 2. The summed E-state index contributed by atoms with van der Waals surface area (Å²) in [6, 6.07) is 10.0. The lowest BCUT2D eigenvalue weighted by Gasteiger charge is -2.38. The Morgan fingerprint density at radius 3 is 2.52 bits per heavy atom. The van der Waals surface area contributed by atoms with Crippen molar-refractivity contribution in [3.05, 3.63) is 35.9 Å². The Balaban J connectivity index is 2.07. The first-order valence-corrected chi connectivity index (χ1v) is 8.52. The van der Waals surface area contributed by atoms with E-state index in [0.717, 1.165) is 24.8 Å². The molecule has 1 aliphatic rings. The third-order valence-corrected chi connectivity index (χ3v) is 4.77. The van der Waals surface area contributed by atoms with Crippen LogP contribution in [0.3, 0.4) is 0 Å². The van der Waals surface area contributed by atoms with Crippen molar-refractivity contribution in [2.75, 3.05) is 13.7 Å². The molecule has 4 heteroatoms. The van der Waals surface area contributed by atoms with E-state index in [1.54, 1.807) is 0 Å². The topological polar surface area (TPSA) is 46.6 Å². The van der Waals surface area contributed by atoms with E-state index >= 15 is 0 Å². The average molecular weight is 317 g/mol. The first-order valence-electron chi connectivity index (χ1n) is 8.52. The van der Waals surface area contributed by atoms with Gasteiger partial charge in [0.25, 0.3) is 0 Å². The van der Waals surface area contributed by atoms with Crippen LogP contribution in [0.4, 0.5) is 0 Å². The van der Waals surface area contributed by atoms with E-state index in [0.29, 0.717) is 18.9 Å². The van der Waals surface area contributed by atoms with Crippen LogP contribution in [0.25, 0.3) is 0 Å². The summed E-state index contributed by atoms with van der Waals surface area (Å²) in [6.07, 6.45) is 5.23. The Morgan fingerprint density at radius 1 is 1.17 bits per heavy atom. The van der Waals surface area contributed by atoms with Crippen molar-refractivity contribution in [3.8, 4) is 0 Å². The van der Waals surface area contributed by atoms with Gasteiger partial charge in [-0.15, -0.1) is 0 Å². The molecule has 0 aromatic heterocycles. The zero-order valence-corrected chi connectivity index (χ0v) is 14.2. The highest BCUT2D eigenvalue weighted by molar-refractivity contribution is 5.80. The van der Waals surface area contributed by atoms with E-state index in [9.17, 15) is 9.59 Å². The average Bonchev–Trinajstić information content (AvgIpc) is 2.57.